The molecule has 0 bridgehead atoms. The monoisotopic (exact) mass is 415 g/mol. The van der Waals surface area contributed by atoms with E-state index in [4.69, 9.17) is 13.6 Å². The molecule has 0 aliphatic heterocycles. The maximum atomic E-state index is 12.0. The first-order valence-corrected chi connectivity index (χ1v) is 10.4. The number of benzene rings is 1. The summed E-state index contributed by atoms with van der Waals surface area (Å²) >= 11 is 1.20. The van der Waals surface area contributed by atoms with E-state index in [9.17, 15) is 4.79 Å². The van der Waals surface area contributed by atoms with Crippen LogP contribution in [0.5, 0.6) is 5.75 Å². The minimum atomic E-state index is -0.0863. The number of furan rings is 1. The second-order valence-corrected chi connectivity index (χ2v) is 7.74. The van der Waals surface area contributed by atoms with Crippen molar-refractivity contribution in [3.8, 4) is 17.2 Å². The quantitative estimate of drug-likeness (QED) is 0.413. The van der Waals surface area contributed by atoms with Crippen molar-refractivity contribution in [3.05, 3.63) is 46.9 Å². The minimum Gasteiger partial charge on any atom is -0.493 e. The topological polar surface area (TPSA) is 90.4 Å². The summed E-state index contributed by atoms with van der Waals surface area (Å²) in [4.78, 5) is 12.0. The smallest absolute Gasteiger partial charge is 0.277 e. The predicted molar refractivity (Wildman–Crippen MR) is 111 cm³/mol. The normalized spacial score (nSPS) is 10.9. The molecule has 0 saturated heterocycles. The summed E-state index contributed by atoms with van der Waals surface area (Å²) in [5.74, 6) is 2.13. The summed E-state index contributed by atoms with van der Waals surface area (Å²) in [7, 11) is 0. The molecular formula is C21H25N3O4S. The first-order valence-electron chi connectivity index (χ1n) is 9.42. The average molecular weight is 416 g/mol. The Kier molecular flexibility index (Phi) is 6.98. The van der Waals surface area contributed by atoms with E-state index in [1.54, 1.807) is 12.3 Å². The van der Waals surface area contributed by atoms with E-state index in [1.807, 2.05) is 13.0 Å². The Morgan fingerprint density at radius 3 is 2.79 bits per heavy atom. The van der Waals surface area contributed by atoms with Crippen molar-refractivity contribution in [2.45, 2.75) is 39.3 Å². The van der Waals surface area contributed by atoms with Crippen LogP contribution in [0.2, 0.25) is 0 Å². The molecule has 0 atom stereocenters. The molecule has 1 aromatic carbocycles. The summed E-state index contributed by atoms with van der Waals surface area (Å²) in [6.07, 6.45) is 2.30. The molecule has 7 nitrogen and oxygen atoms in total. The lowest BCUT2D eigenvalue weighted by Gasteiger charge is -2.12. The third-order valence-electron chi connectivity index (χ3n) is 4.49. The van der Waals surface area contributed by atoms with Crippen LogP contribution >= 0.6 is 11.8 Å². The van der Waals surface area contributed by atoms with Gasteiger partial charge in [0.15, 0.2) is 0 Å². The van der Waals surface area contributed by atoms with E-state index < -0.39 is 0 Å². The molecular weight excluding hydrogens is 390 g/mol. The molecule has 154 valence electrons. The van der Waals surface area contributed by atoms with Gasteiger partial charge in [-0.05, 0) is 62.9 Å². The largest absolute Gasteiger partial charge is 0.493 e. The summed E-state index contributed by atoms with van der Waals surface area (Å²) < 4.78 is 16.7. The van der Waals surface area contributed by atoms with Gasteiger partial charge in [0, 0.05) is 6.54 Å². The molecule has 1 N–H and O–H groups in total. The van der Waals surface area contributed by atoms with Crippen molar-refractivity contribution in [1.29, 1.82) is 0 Å². The Morgan fingerprint density at radius 2 is 2.03 bits per heavy atom. The number of aromatic nitrogens is 2. The highest BCUT2D eigenvalue weighted by Gasteiger charge is 2.14. The van der Waals surface area contributed by atoms with Gasteiger partial charge in [-0.1, -0.05) is 17.8 Å². The Bertz CT molecular complexity index is 980. The molecule has 0 saturated carbocycles. The number of rotatable bonds is 9. The third-order valence-corrected chi connectivity index (χ3v) is 5.31. The van der Waals surface area contributed by atoms with Gasteiger partial charge in [0.1, 0.15) is 11.5 Å². The van der Waals surface area contributed by atoms with Crippen molar-refractivity contribution in [2.75, 3.05) is 18.9 Å². The second kappa shape index (κ2) is 9.65. The number of ether oxygens (including phenoxy) is 1. The van der Waals surface area contributed by atoms with E-state index in [2.05, 4.69) is 42.4 Å². The average Bonchev–Trinajstić information content (AvgIpc) is 3.32. The van der Waals surface area contributed by atoms with Gasteiger partial charge in [-0.15, -0.1) is 10.2 Å². The molecule has 0 fully saturated rings. The lowest BCUT2D eigenvalue weighted by molar-refractivity contribution is -0.118. The SMILES string of the molecule is Cc1cc(C)c(C)c(OCCCNC(=O)CSc2nnc(-c3ccoc3C)o2)c1. The molecule has 0 aliphatic carbocycles. The fourth-order valence-electron chi connectivity index (χ4n) is 2.79. The number of nitrogens with one attached hydrogen (secondary N) is 1. The number of thioether (sulfide) groups is 1. The van der Waals surface area contributed by atoms with Crippen LogP contribution in [0.1, 0.15) is 28.9 Å². The van der Waals surface area contributed by atoms with Crippen molar-refractivity contribution in [1.82, 2.24) is 15.5 Å². The minimum absolute atomic E-state index is 0.0863. The van der Waals surface area contributed by atoms with Crippen LogP contribution in [-0.4, -0.2) is 35.0 Å². The molecule has 0 spiro atoms. The van der Waals surface area contributed by atoms with Crippen molar-refractivity contribution in [2.24, 2.45) is 0 Å². The molecule has 0 unspecified atom stereocenters. The lowest BCUT2D eigenvalue weighted by Crippen LogP contribution is -2.27. The number of hydrogen-bond donors (Lipinski definition) is 1. The van der Waals surface area contributed by atoms with Gasteiger partial charge in [-0.25, -0.2) is 0 Å². The fourth-order valence-corrected chi connectivity index (χ4v) is 3.39. The molecule has 3 rings (SSSR count). The summed E-state index contributed by atoms with van der Waals surface area (Å²) in [6.45, 7) is 9.11. The van der Waals surface area contributed by atoms with Crippen molar-refractivity contribution < 1.29 is 18.4 Å². The van der Waals surface area contributed by atoms with Crippen LogP contribution in [0.4, 0.5) is 0 Å². The molecule has 1 amide bonds. The zero-order valence-corrected chi connectivity index (χ0v) is 17.9. The summed E-state index contributed by atoms with van der Waals surface area (Å²) in [5.41, 5.74) is 4.31. The highest BCUT2D eigenvalue weighted by Crippen LogP contribution is 2.26. The summed E-state index contributed by atoms with van der Waals surface area (Å²) in [5, 5.41) is 11.2. The van der Waals surface area contributed by atoms with Crippen LogP contribution in [0.25, 0.3) is 11.5 Å². The molecule has 0 radical (unpaired) electrons. The number of carbonyl (C=O) groups excluding carboxylic acids is 1. The van der Waals surface area contributed by atoms with Crippen LogP contribution in [0.15, 0.2) is 38.5 Å². The maximum Gasteiger partial charge on any atom is 0.277 e. The number of amides is 1. The van der Waals surface area contributed by atoms with Gasteiger partial charge in [-0.2, -0.15) is 0 Å². The summed E-state index contributed by atoms with van der Waals surface area (Å²) in [6, 6.07) is 5.95. The Hall–Kier alpha value is -2.74. The van der Waals surface area contributed by atoms with E-state index in [-0.39, 0.29) is 11.7 Å². The van der Waals surface area contributed by atoms with Crippen molar-refractivity contribution >= 4 is 17.7 Å². The zero-order chi connectivity index (χ0) is 20.8. The van der Waals surface area contributed by atoms with Gasteiger partial charge in [0.25, 0.3) is 11.1 Å². The van der Waals surface area contributed by atoms with Crippen LogP contribution in [-0.2, 0) is 4.79 Å². The number of carbonyl (C=O) groups is 1. The van der Waals surface area contributed by atoms with Gasteiger partial charge >= 0.3 is 0 Å². The van der Waals surface area contributed by atoms with E-state index >= 15 is 0 Å². The number of aryl methyl sites for hydroxylation is 3. The Balaban J connectivity index is 1.36. The van der Waals surface area contributed by atoms with Gasteiger partial charge in [0.05, 0.1) is 24.2 Å². The lowest BCUT2D eigenvalue weighted by atomic mass is 10.1. The molecule has 2 heterocycles. The first kappa shape index (κ1) is 21.0. The molecule has 0 aliphatic rings. The third kappa shape index (κ3) is 5.63. The van der Waals surface area contributed by atoms with Gasteiger partial charge in [0.2, 0.25) is 5.91 Å². The second-order valence-electron chi connectivity index (χ2n) is 6.81. The zero-order valence-electron chi connectivity index (χ0n) is 17.1. The fraction of sp³-hybridized carbons (Fsp3) is 0.381. The maximum absolute atomic E-state index is 12.0. The van der Waals surface area contributed by atoms with Crippen LogP contribution < -0.4 is 10.1 Å². The molecule has 3 aromatic rings. The first-order chi connectivity index (χ1) is 13.9. The molecule has 8 heteroatoms. The van der Waals surface area contributed by atoms with Gasteiger partial charge in [-0.3, -0.25) is 4.79 Å². The van der Waals surface area contributed by atoms with E-state index in [0.717, 1.165) is 23.3 Å². The highest BCUT2D eigenvalue weighted by molar-refractivity contribution is 7.99. The number of nitrogens with zero attached hydrogens (tertiary/aromatic N) is 2. The molecule has 29 heavy (non-hydrogen) atoms. The van der Waals surface area contributed by atoms with E-state index in [1.165, 1.54) is 22.9 Å². The van der Waals surface area contributed by atoms with E-state index in [0.29, 0.717) is 30.0 Å². The van der Waals surface area contributed by atoms with Crippen LogP contribution in [0.3, 0.4) is 0 Å². The highest BCUT2D eigenvalue weighted by atomic mass is 32.2. The van der Waals surface area contributed by atoms with Crippen LogP contribution in [0, 0.1) is 27.7 Å². The van der Waals surface area contributed by atoms with Crippen molar-refractivity contribution in [3.63, 3.8) is 0 Å². The number of hydrogen-bond acceptors (Lipinski definition) is 7. The standard InChI is InChI=1S/C21H25N3O4S/c1-13-10-14(2)15(3)18(11-13)27-8-5-7-22-19(25)12-29-21-24-23-20(28-21)17-6-9-26-16(17)4/h6,9-11H,5,7-8,12H2,1-4H3,(H,22,25). The Labute approximate surface area is 174 Å². The van der Waals surface area contributed by atoms with Gasteiger partial charge < -0.3 is 18.9 Å². The Morgan fingerprint density at radius 1 is 1.21 bits per heavy atom. The predicted octanol–water partition coefficient (Wildman–Crippen LogP) is 4.24. The molecule has 2 aromatic heterocycles.